The van der Waals surface area contributed by atoms with Crippen molar-refractivity contribution in [1.29, 1.82) is 5.26 Å². The zero-order valence-electron chi connectivity index (χ0n) is 16.2. The molecule has 0 radical (unpaired) electrons. The number of hydrogen-bond acceptors (Lipinski definition) is 4. The van der Waals surface area contributed by atoms with E-state index in [2.05, 4.69) is 10.6 Å². The van der Waals surface area contributed by atoms with Gasteiger partial charge in [-0.3, -0.25) is 9.59 Å². The van der Waals surface area contributed by atoms with E-state index in [1.54, 1.807) is 12.1 Å². The number of hydrogen-bond donors (Lipinski definition) is 2. The number of anilines is 1. The molecule has 0 aliphatic heterocycles. The fourth-order valence-corrected chi connectivity index (χ4v) is 2.78. The van der Waals surface area contributed by atoms with Crippen LogP contribution in [0.4, 0.5) is 5.69 Å². The van der Waals surface area contributed by atoms with Gasteiger partial charge in [0.2, 0.25) is 11.8 Å². The molecule has 28 heavy (non-hydrogen) atoms. The molecule has 2 rings (SSSR count). The lowest BCUT2D eigenvalue weighted by atomic mass is 10.1. The van der Waals surface area contributed by atoms with Crippen LogP contribution in [0.5, 0.6) is 5.75 Å². The summed E-state index contributed by atoms with van der Waals surface area (Å²) in [6, 6.07) is 15.0. The van der Waals surface area contributed by atoms with Crippen LogP contribution in [0, 0.1) is 25.2 Å². The molecule has 0 heterocycles. The highest BCUT2D eigenvalue weighted by molar-refractivity contribution is 5.92. The zero-order chi connectivity index (χ0) is 20.4. The third-order valence-corrected chi connectivity index (χ3v) is 4.21. The molecular formula is C22H25N3O3. The van der Waals surface area contributed by atoms with E-state index >= 15 is 0 Å². The largest absolute Gasteiger partial charge is 0.493 e. The van der Waals surface area contributed by atoms with Crippen LogP contribution in [0.25, 0.3) is 0 Å². The summed E-state index contributed by atoms with van der Waals surface area (Å²) in [6.07, 6.45) is 0.759. The van der Waals surface area contributed by atoms with E-state index in [0.29, 0.717) is 31.7 Å². The Morgan fingerprint density at radius 1 is 1.04 bits per heavy atom. The Morgan fingerprint density at radius 2 is 1.75 bits per heavy atom. The normalized spacial score (nSPS) is 10.0. The number of para-hydroxylation sites is 2. The number of amides is 2. The average Bonchev–Trinajstić information content (AvgIpc) is 2.66. The lowest BCUT2D eigenvalue weighted by molar-refractivity contribution is -0.121. The third kappa shape index (κ3) is 6.44. The van der Waals surface area contributed by atoms with Gasteiger partial charge in [0, 0.05) is 18.7 Å². The predicted octanol–water partition coefficient (Wildman–Crippen LogP) is 3.63. The molecule has 0 aromatic heterocycles. The Hall–Kier alpha value is -3.33. The predicted molar refractivity (Wildman–Crippen MR) is 108 cm³/mol. The first-order chi connectivity index (χ1) is 13.5. The summed E-state index contributed by atoms with van der Waals surface area (Å²) in [5, 5.41) is 14.1. The van der Waals surface area contributed by atoms with Crippen molar-refractivity contribution in [3.63, 3.8) is 0 Å². The summed E-state index contributed by atoms with van der Waals surface area (Å²) >= 11 is 0. The minimum atomic E-state index is -0.370. The molecule has 146 valence electrons. The van der Waals surface area contributed by atoms with Gasteiger partial charge in [-0.1, -0.05) is 36.4 Å². The Kier molecular flexibility index (Phi) is 8.04. The van der Waals surface area contributed by atoms with Crippen molar-refractivity contribution >= 4 is 17.5 Å². The summed E-state index contributed by atoms with van der Waals surface area (Å²) < 4.78 is 5.81. The van der Waals surface area contributed by atoms with Crippen molar-refractivity contribution in [1.82, 2.24) is 5.32 Å². The van der Waals surface area contributed by atoms with Gasteiger partial charge in [0.25, 0.3) is 0 Å². The smallest absolute Gasteiger partial charge is 0.238 e. The molecule has 2 amide bonds. The summed E-state index contributed by atoms with van der Waals surface area (Å²) in [4.78, 5) is 23.7. The number of rotatable bonds is 9. The first-order valence-corrected chi connectivity index (χ1v) is 9.21. The van der Waals surface area contributed by atoms with Gasteiger partial charge in [0.1, 0.15) is 12.2 Å². The fourth-order valence-electron chi connectivity index (χ4n) is 2.78. The van der Waals surface area contributed by atoms with Crippen molar-refractivity contribution in [2.75, 3.05) is 11.9 Å². The summed E-state index contributed by atoms with van der Waals surface area (Å²) in [5.74, 6) is 0.429. The lowest BCUT2D eigenvalue weighted by Crippen LogP contribution is -2.24. The topological polar surface area (TPSA) is 91.2 Å². The van der Waals surface area contributed by atoms with Gasteiger partial charge in [-0.25, -0.2) is 0 Å². The van der Waals surface area contributed by atoms with Gasteiger partial charge in [-0.2, -0.15) is 5.26 Å². The highest BCUT2D eigenvalue weighted by Gasteiger charge is 2.08. The number of carbonyl (C=O) groups excluding carboxylic acids is 2. The number of ether oxygens (including phenoxy) is 1. The minimum Gasteiger partial charge on any atom is -0.493 e. The number of nitrogens with zero attached hydrogens (tertiary/aromatic N) is 1. The van der Waals surface area contributed by atoms with E-state index in [1.165, 1.54) is 0 Å². The van der Waals surface area contributed by atoms with E-state index in [4.69, 9.17) is 10.00 Å². The van der Waals surface area contributed by atoms with Gasteiger partial charge >= 0.3 is 0 Å². The molecule has 0 aliphatic rings. The maximum atomic E-state index is 12.1. The van der Waals surface area contributed by atoms with Crippen LogP contribution in [0.2, 0.25) is 0 Å². The molecule has 2 N–H and O–H groups in total. The highest BCUT2D eigenvalue weighted by atomic mass is 16.5. The molecule has 0 atom stereocenters. The first-order valence-electron chi connectivity index (χ1n) is 9.21. The van der Waals surface area contributed by atoms with Gasteiger partial charge in [0.05, 0.1) is 12.7 Å². The Bertz CT molecular complexity index is 851. The van der Waals surface area contributed by atoms with E-state index in [-0.39, 0.29) is 18.2 Å². The molecule has 0 spiro atoms. The minimum absolute atomic E-state index is 0.0803. The molecule has 0 aliphatic carbocycles. The van der Waals surface area contributed by atoms with Crippen molar-refractivity contribution < 1.29 is 14.3 Å². The molecular weight excluding hydrogens is 354 g/mol. The van der Waals surface area contributed by atoms with Crippen LogP contribution >= 0.6 is 0 Å². The quantitative estimate of drug-likeness (QED) is 0.651. The zero-order valence-corrected chi connectivity index (χ0v) is 16.2. The summed E-state index contributed by atoms with van der Waals surface area (Å²) in [7, 11) is 0. The number of benzene rings is 2. The van der Waals surface area contributed by atoms with Crippen LogP contribution in [-0.2, 0) is 16.1 Å². The average molecular weight is 379 g/mol. The molecule has 0 unspecified atom stereocenters. The molecule has 0 bridgehead atoms. The second-order valence-corrected chi connectivity index (χ2v) is 6.49. The third-order valence-electron chi connectivity index (χ3n) is 4.21. The maximum Gasteiger partial charge on any atom is 0.238 e. The summed E-state index contributed by atoms with van der Waals surface area (Å²) in [6.45, 7) is 4.78. The number of nitriles is 1. The lowest BCUT2D eigenvalue weighted by Gasteiger charge is -2.13. The standard InChI is InChI=1S/C22H25N3O3/c1-16-7-5-8-17(2)22(16)28-14-6-11-20(26)24-15-18-9-3-4-10-19(18)25-21(27)12-13-23/h3-5,7-10H,6,11-12,14-15H2,1-2H3,(H,24,26)(H,25,27). The van der Waals surface area contributed by atoms with Crippen molar-refractivity contribution in [3.8, 4) is 11.8 Å². The Balaban J connectivity index is 1.77. The number of aryl methyl sites for hydroxylation is 2. The van der Waals surface area contributed by atoms with Crippen LogP contribution in [-0.4, -0.2) is 18.4 Å². The van der Waals surface area contributed by atoms with E-state index in [0.717, 1.165) is 22.4 Å². The van der Waals surface area contributed by atoms with E-state index in [1.807, 2.05) is 50.2 Å². The first kappa shape index (κ1) is 21.0. The fraction of sp³-hybridized carbons (Fsp3) is 0.318. The molecule has 6 nitrogen and oxygen atoms in total. The highest BCUT2D eigenvalue weighted by Crippen LogP contribution is 2.22. The van der Waals surface area contributed by atoms with Crippen molar-refractivity contribution in [2.45, 2.75) is 39.7 Å². The molecule has 0 fully saturated rings. The second-order valence-electron chi connectivity index (χ2n) is 6.49. The van der Waals surface area contributed by atoms with Crippen molar-refractivity contribution in [2.24, 2.45) is 0 Å². The van der Waals surface area contributed by atoms with Gasteiger partial charge in [-0.05, 0) is 43.0 Å². The van der Waals surface area contributed by atoms with Crippen molar-refractivity contribution in [3.05, 3.63) is 59.2 Å². The number of carbonyl (C=O) groups is 2. The Morgan fingerprint density at radius 3 is 2.46 bits per heavy atom. The second kappa shape index (κ2) is 10.7. The SMILES string of the molecule is Cc1cccc(C)c1OCCCC(=O)NCc1ccccc1NC(=O)CC#N. The Labute approximate surface area is 165 Å². The van der Waals surface area contributed by atoms with Crippen LogP contribution < -0.4 is 15.4 Å². The monoisotopic (exact) mass is 379 g/mol. The van der Waals surface area contributed by atoms with Crippen LogP contribution in [0.3, 0.4) is 0 Å². The number of nitrogens with one attached hydrogen (secondary N) is 2. The van der Waals surface area contributed by atoms with E-state index in [9.17, 15) is 9.59 Å². The maximum absolute atomic E-state index is 12.1. The summed E-state index contributed by atoms with van der Waals surface area (Å²) in [5.41, 5.74) is 3.55. The van der Waals surface area contributed by atoms with E-state index < -0.39 is 0 Å². The van der Waals surface area contributed by atoms with Gasteiger partial charge < -0.3 is 15.4 Å². The molecule has 2 aromatic rings. The molecule has 2 aromatic carbocycles. The van der Waals surface area contributed by atoms with Gasteiger partial charge in [0.15, 0.2) is 0 Å². The van der Waals surface area contributed by atoms with Gasteiger partial charge in [-0.15, -0.1) is 0 Å². The molecule has 0 saturated carbocycles. The van der Waals surface area contributed by atoms with Crippen LogP contribution in [0.15, 0.2) is 42.5 Å². The van der Waals surface area contributed by atoms with Crippen LogP contribution in [0.1, 0.15) is 36.0 Å². The molecule has 6 heteroatoms. The molecule has 0 saturated heterocycles.